The average molecular weight is 444 g/mol. The van der Waals surface area contributed by atoms with E-state index < -0.39 is 23.7 Å². The van der Waals surface area contributed by atoms with Gasteiger partial charge in [-0.3, -0.25) is 20.4 Å². The minimum absolute atomic E-state index is 0.00844. The zero-order valence-corrected chi connectivity index (χ0v) is 17.9. The first-order chi connectivity index (χ1) is 14.9. The highest BCUT2D eigenvalue weighted by Crippen LogP contribution is 2.16. The van der Waals surface area contributed by atoms with Crippen LogP contribution in [0.3, 0.4) is 0 Å². The second-order valence-electron chi connectivity index (χ2n) is 6.76. The largest absolute Gasteiger partial charge is 0.486 e. The molecule has 0 saturated carbocycles. The standard InChI is InChI=1S/C22H22FN3O4S/c1-14-3-7-18(8-4-14)29-12-21-24-17(13-31-21)11-20(27)25-26-22(28)15(2)30-19-9-5-16(23)6-10-19/h3-10,13,15H,11-12H2,1-2H3,(H,25,27)(H,26,28). The summed E-state index contributed by atoms with van der Waals surface area (Å²) in [5.74, 6) is -0.261. The van der Waals surface area contributed by atoms with Crippen LogP contribution in [0.5, 0.6) is 11.5 Å². The van der Waals surface area contributed by atoms with Gasteiger partial charge in [-0.15, -0.1) is 11.3 Å². The first-order valence-corrected chi connectivity index (χ1v) is 10.4. The third-order valence-electron chi connectivity index (χ3n) is 4.15. The van der Waals surface area contributed by atoms with E-state index in [1.54, 1.807) is 5.38 Å². The number of ether oxygens (including phenoxy) is 2. The molecular weight excluding hydrogens is 421 g/mol. The fraction of sp³-hybridized carbons (Fsp3) is 0.227. The fourth-order valence-corrected chi connectivity index (χ4v) is 3.19. The van der Waals surface area contributed by atoms with E-state index in [-0.39, 0.29) is 6.42 Å². The summed E-state index contributed by atoms with van der Waals surface area (Å²) in [4.78, 5) is 28.5. The van der Waals surface area contributed by atoms with Gasteiger partial charge in [0.1, 0.15) is 28.9 Å². The molecule has 3 aromatic rings. The number of hydrogen-bond donors (Lipinski definition) is 2. The Bertz CT molecular complexity index is 1020. The van der Waals surface area contributed by atoms with Gasteiger partial charge in [0.25, 0.3) is 5.91 Å². The van der Waals surface area contributed by atoms with Crippen LogP contribution in [-0.4, -0.2) is 22.9 Å². The number of hydrazine groups is 1. The number of halogens is 1. The van der Waals surface area contributed by atoms with E-state index >= 15 is 0 Å². The molecule has 0 aliphatic heterocycles. The lowest BCUT2D eigenvalue weighted by molar-refractivity contribution is -0.132. The molecule has 0 radical (unpaired) electrons. The second kappa shape index (κ2) is 10.5. The van der Waals surface area contributed by atoms with Gasteiger partial charge < -0.3 is 9.47 Å². The van der Waals surface area contributed by atoms with Gasteiger partial charge in [-0.25, -0.2) is 9.37 Å². The predicted octanol–water partition coefficient (Wildman–Crippen LogP) is 3.33. The molecule has 0 aliphatic rings. The summed E-state index contributed by atoms with van der Waals surface area (Å²) < 4.78 is 24.0. The number of nitrogens with one attached hydrogen (secondary N) is 2. The Morgan fingerprint density at radius 1 is 1.06 bits per heavy atom. The zero-order chi connectivity index (χ0) is 22.2. The Labute approximate surface area is 183 Å². The summed E-state index contributed by atoms with van der Waals surface area (Å²) in [6.07, 6.45) is -0.871. The summed E-state index contributed by atoms with van der Waals surface area (Å²) in [6.45, 7) is 3.83. The van der Waals surface area contributed by atoms with Gasteiger partial charge in [0.05, 0.1) is 12.1 Å². The number of nitrogens with zero attached hydrogens (tertiary/aromatic N) is 1. The molecule has 1 aromatic heterocycles. The third kappa shape index (κ3) is 7.07. The van der Waals surface area contributed by atoms with Crippen molar-refractivity contribution in [3.05, 3.63) is 76.0 Å². The van der Waals surface area contributed by atoms with Crippen LogP contribution >= 0.6 is 11.3 Å². The van der Waals surface area contributed by atoms with Crippen molar-refractivity contribution in [3.63, 3.8) is 0 Å². The maximum Gasteiger partial charge on any atom is 0.279 e. The topological polar surface area (TPSA) is 89.5 Å². The molecular formula is C22H22FN3O4S. The van der Waals surface area contributed by atoms with Crippen molar-refractivity contribution in [2.45, 2.75) is 33.0 Å². The van der Waals surface area contributed by atoms with Crippen molar-refractivity contribution >= 4 is 23.2 Å². The fourth-order valence-electron chi connectivity index (χ4n) is 2.49. The van der Waals surface area contributed by atoms with E-state index in [4.69, 9.17) is 9.47 Å². The lowest BCUT2D eigenvalue weighted by Gasteiger charge is -2.15. The molecule has 0 aliphatic carbocycles. The number of hydrogen-bond acceptors (Lipinski definition) is 6. The third-order valence-corrected chi connectivity index (χ3v) is 5.02. The molecule has 7 nitrogen and oxygen atoms in total. The quantitative estimate of drug-likeness (QED) is 0.522. The van der Waals surface area contributed by atoms with E-state index in [1.807, 2.05) is 31.2 Å². The maximum atomic E-state index is 12.9. The van der Waals surface area contributed by atoms with Gasteiger partial charge in [-0.2, -0.15) is 0 Å². The minimum Gasteiger partial charge on any atom is -0.486 e. The number of carbonyl (C=O) groups excluding carboxylic acids is 2. The van der Waals surface area contributed by atoms with Crippen molar-refractivity contribution in [3.8, 4) is 11.5 Å². The Morgan fingerprint density at radius 3 is 2.45 bits per heavy atom. The molecule has 0 saturated heterocycles. The van der Waals surface area contributed by atoms with Gasteiger partial charge >= 0.3 is 0 Å². The van der Waals surface area contributed by atoms with Gasteiger partial charge in [0.15, 0.2) is 6.10 Å². The molecule has 3 rings (SSSR count). The molecule has 1 unspecified atom stereocenters. The lowest BCUT2D eigenvalue weighted by atomic mass is 10.2. The molecule has 0 fully saturated rings. The SMILES string of the molecule is Cc1ccc(OCc2nc(CC(=O)NNC(=O)C(C)Oc3ccc(F)cc3)cs2)cc1. The van der Waals surface area contributed by atoms with Crippen molar-refractivity contribution in [2.75, 3.05) is 0 Å². The highest BCUT2D eigenvalue weighted by Gasteiger charge is 2.16. The summed E-state index contributed by atoms with van der Waals surface area (Å²) in [5, 5.41) is 2.52. The second-order valence-corrected chi connectivity index (χ2v) is 7.71. The molecule has 9 heteroatoms. The van der Waals surface area contributed by atoms with Crippen LogP contribution in [0.15, 0.2) is 53.9 Å². The molecule has 2 aromatic carbocycles. The summed E-state index contributed by atoms with van der Waals surface area (Å²) in [6, 6.07) is 13.0. The zero-order valence-electron chi connectivity index (χ0n) is 17.1. The number of aromatic nitrogens is 1. The van der Waals surface area contributed by atoms with Crippen LogP contribution in [0.4, 0.5) is 4.39 Å². The highest BCUT2D eigenvalue weighted by molar-refractivity contribution is 7.09. The Morgan fingerprint density at radius 2 is 1.74 bits per heavy atom. The highest BCUT2D eigenvalue weighted by atomic mass is 32.1. The summed E-state index contributed by atoms with van der Waals surface area (Å²) in [5.41, 5.74) is 6.37. The average Bonchev–Trinajstić information content (AvgIpc) is 3.20. The van der Waals surface area contributed by atoms with Crippen LogP contribution < -0.4 is 20.3 Å². The van der Waals surface area contributed by atoms with E-state index in [1.165, 1.54) is 42.5 Å². The van der Waals surface area contributed by atoms with E-state index in [2.05, 4.69) is 15.8 Å². The predicted molar refractivity (Wildman–Crippen MR) is 114 cm³/mol. The smallest absolute Gasteiger partial charge is 0.279 e. The van der Waals surface area contributed by atoms with Gasteiger partial charge in [0, 0.05) is 5.38 Å². The lowest BCUT2D eigenvalue weighted by Crippen LogP contribution is -2.47. The van der Waals surface area contributed by atoms with Gasteiger partial charge in [-0.05, 0) is 50.2 Å². The maximum absolute atomic E-state index is 12.9. The number of thiazole rings is 1. The Balaban J connectivity index is 1.40. The van der Waals surface area contributed by atoms with Crippen molar-refractivity contribution in [1.29, 1.82) is 0 Å². The molecule has 1 atom stereocenters. The van der Waals surface area contributed by atoms with Crippen LogP contribution in [-0.2, 0) is 22.6 Å². The minimum atomic E-state index is -0.879. The molecule has 0 bridgehead atoms. The van der Waals surface area contributed by atoms with Crippen molar-refractivity contribution in [2.24, 2.45) is 0 Å². The first kappa shape index (κ1) is 22.2. The van der Waals surface area contributed by atoms with Crippen molar-refractivity contribution in [1.82, 2.24) is 15.8 Å². The molecule has 1 heterocycles. The molecule has 162 valence electrons. The van der Waals surface area contributed by atoms with Crippen LogP contribution in [0.25, 0.3) is 0 Å². The van der Waals surface area contributed by atoms with E-state index in [9.17, 15) is 14.0 Å². The number of aryl methyl sites for hydroxylation is 1. The number of benzene rings is 2. The van der Waals surface area contributed by atoms with Crippen LogP contribution in [0, 0.1) is 12.7 Å². The normalized spacial score (nSPS) is 11.5. The van der Waals surface area contributed by atoms with Gasteiger partial charge in [-0.1, -0.05) is 17.7 Å². The van der Waals surface area contributed by atoms with E-state index in [0.29, 0.717) is 18.1 Å². The van der Waals surface area contributed by atoms with Crippen LogP contribution in [0.1, 0.15) is 23.2 Å². The monoisotopic (exact) mass is 443 g/mol. The van der Waals surface area contributed by atoms with Crippen LogP contribution in [0.2, 0.25) is 0 Å². The van der Waals surface area contributed by atoms with Crippen molar-refractivity contribution < 1.29 is 23.5 Å². The molecule has 2 N–H and O–H groups in total. The van der Waals surface area contributed by atoms with E-state index in [0.717, 1.165) is 16.3 Å². The molecule has 0 spiro atoms. The summed E-state index contributed by atoms with van der Waals surface area (Å²) >= 11 is 1.40. The Hall–Kier alpha value is -3.46. The number of rotatable bonds is 8. The van der Waals surface area contributed by atoms with Gasteiger partial charge in [0.2, 0.25) is 5.91 Å². The number of amides is 2. The first-order valence-electron chi connectivity index (χ1n) is 9.52. The number of carbonyl (C=O) groups is 2. The molecule has 31 heavy (non-hydrogen) atoms. The summed E-state index contributed by atoms with van der Waals surface area (Å²) in [7, 11) is 0. The Kier molecular flexibility index (Phi) is 7.55. The molecule has 2 amide bonds.